The molecule has 2 nitrogen and oxygen atoms in total. The van der Waals surface area contributed by atoms with Crippen LogP contribution in [-0.2, 0) is 0 Å². The second kappa shape index (κ2) is 4.33. The minimum atomic E-state index is 0.698. The molecule has 1 aliphatic rings. The summed E-state index contributed by atoms with van der Waals surface area (Å²) in [6, 6.07) is 0. The van der Waals surface area contributed by atoms with Crippen LogP contribution in [0.3, 0.4) is 0 Å². The summed E-state index contributed by atoms with van der Waals surface area (Å²) in [4.78, 5) is 4.94. The molecule has 0 amide bonds. The molecule has 0 spiro atoms. The van der Waals surface area contributed by atoms with Crippen molar-refractivity contribution in [1.29, 1.82) is 0 Å². The van der Waals surface area contributed by atoms with Crippen LogP contribution in [0.15, 0.2) is 0 Å². The fourth-order valence-corrected chi connectivity index (χ4v) is 1.84. The lowest BCUT2D eigenvalue weighted by atomic mass is 10.3. The van der Waals surface area contributed by atoms with E-state index in [-0.39, 0.29) is 0 Å². The Morgan fingerprint density at radius 2 is 1.73 bits per heavy atom. The number of rotatable bonds is 2. The van der Waals surface area contributed by atoms with E-state index in [0.29, 0.717) is 5.37 Å². The lowest BCUT2D eigenvalue weighted by molar-refractivity contribution is 0.149. The fraction of sp³-hybridized carbons (Fsp3) is 1.00. The third-order valence-electron chi connectivity index (χ3n) is 2.39. The van der Waals surface area contributed by atoms with Crippen LogP contribution in [0.5, 0.6) is 0 Å². The molecule has 1 saturated heterocycles. The Bertz CT molecular complexity index is 111. The maximum absolute atomic E-state index is 2.55. The van der Waals surface area contributed by atoms with E-state index in [9.17, 15) is 0 Å². The van der Waals surface area contributed by atoms with Crippen molar-refractivity contribution in [3.05, 3.63) is 0 Å². The summed E-state index contributed by atoms with van der Waals surface area (Å²) >= 11 is 1.94. The fourth-order valence-electron chi connectivity index (χ4n) is 1.33. The molecule has 1 fully saturated rings. The summed E-state index contributed by atoms with van der Waals surface area (Å²) in [6.45, 7) is 7.21. The van der Waals surface area contributed by atoms with Crippen LogP contribution in [0, 0.1) is 0 Å². The van der Waals surface area contributed by atoms with Gasteiger partial charge in [-0.25, -0.2) is 0 Å². The van der Waals surface area contributed by atoms with Crippen molar-refractivity contribution in [3.8, 4) is 0 Å². The minimum Gasteiger partial charge on any atom is -0.304 e. The van der Waals surface area contributed by atoms with Crippen molar-refractivity contribution < 1.29 is 0 Å². The van der Waals surface area contributed by atoms with Gasteiger partial charge in [0.15, 0.2) is 0 Å². The first-order valence-corrected chi connectivity index (χ1v) is 5.48. The van der Waals surface area contributed by atoms with E-state index in [1.54, 1.807) is 0 Å². The summed E-state index contributed by atoms with van der Waals surface area (Å²) in [6.07, 6.45) is 2.18. The van der Waals surface area contributed by atoms with E-state index in [4.69, 9.17) is 0 Å². The van der Waals surface area contributed by atoms with Gasteiger partial charge in [-0.05, 0) is 20.2 Å². The zero-order valence-electron chi connectivity index (χ0n) is 7.71. The summed E-state index contributed by atoms with van der Waals surface area (Å²) in [7, 11) is 2.20. The standard InChI is InChI=1S/C8H18N2S/c1-8(11-3)10-6-4-9(2)5-7-10/h8H,4-7H2,1-3H3. The molecule has 0 saturated carbocycles. The van der Waals surface area contributed by atoms with Crippen molar-refractivity contribution >= 4 is 11.8 Å². The van der Waals surface area contributed by atoms with Crippen molar-refractivity contribution in [2.45, 2.75) is 12.3 Å². The van der Waals surface area contributed by atoms with Crippen molar-refractivity contribution in [2.24, 2.45) is 0 Å². The van der Waals surface area contributed by atoms with E-state index >= 15 is 0 Å². The molecule has 1 unspecified atom stereocenters. The third-order valence-corrected chi connectivity index (χ3v) is 3.37. The quantitative estimate of drug-likeness (QED) is 0.615. The van der Waals surface area contributed by atoms with Crippen molar-refractivity contribution in [1.82, 2.24) is 9.80 Å². The van der Waals surface area contributed by atoms with Gasteiger partial charge in [-0.3, -0.25) is 4.90 Å². The van der Waals surface area contributed by atoms with Crippen LogP contribution in [0.25, 0.3) is 0 Å². The molecule has 0 aromatic carbocycles. The molecule has 0 aromatic heterocycles. The predicted molar refractivity (Wildman–Crippen MR) is 52.0 cm³/mol. The van der Waals surface area contributed by atoms with Gasteiger partial charge in [-0.15, -0.1) is 11.8 Å². The van der Waals surface area contributed by atoms with Gasteiger partial charge in [0.05, 0.1) is 5.37 Å². The normalized spacial score (nSPS) is 25.4. The lowest BCUT2D eigenvalue weighted by Crippen LogP contribution is -2.47. The predicted octanol–water partition coefficient (Wildman–Crippen LogP) is 0.943. The van der Waals surface area contributed by atoms with Crippen molar-refractivity contribution in [2.75, 3.05) is 39.5 Å². The number of likely N-dealkylation sites (N-methyl/N-ethyl adjacent to an activating group) is 1. The molecule has 0 aliphatic carbocycles. The second-order valence-corrected chi connectivity index (χ2v) is 4.33. The van der Waals surface area contributed by atoms with Crippen LogP contribution in [0.2, 0.25) is 0 Å². The van der Waals surface area contributed by atoms with Crippen LogP contribution in [0.4, 0.5) is 0 Å². The summed E-state index contributed by atoms with van der Waals surface area (Å²) in [5, 5.41) is 0.698. The molecule has 3 heteroatoms. The smallest absolute Gasteiger partial charge is 0.0526 e. The highest BCUT2D eigenvalue weighted by Crippen LogP contribution is 2.13. The Morgan fingerprint density at radius 1 is 1.18 bits per heavy atom. The second-order valence-electron chi connectivity index (χ2n) is 3.17. The summed E-state index contributed by atoms with van der Waals surface area (Å²) in [5.74, 6) is 0. The number of hydrogen-bond acceptors (Lipinski definition) is 3. The van der Waals surface area contributed by atoms with Gasteiger partial charge < -0.3 is 4.90 Å². The van der Waals surface area contributed by atoms with E-state index < -0.39 is 0 Å². The summed E-state index contributed by atoms with van der Waals surface area (Å²) < 4.78 is 0. The number of hydrogen-bond donors (Lipinski definition) is 0. The largest absolute Gasteiger partial charge is 0.304 e. The van der Waals surface area contributed by atoms with Gasteiger partial charge >= 0.3 is 0 Å². The van der Waals surface area contributed by atoms with Crippen LogP contribution < -0.4 is 0 Å². The van der Waals surface area contributed by atoms with Gasteiger partial charge in [0.25, 0.3) is 0 Å². The first-order chi connectivity index (χ1) is 5.24. The van der Waals surface area contributed by atoms with Crippen LogP contribution in [0.1, 0.15) is 6.92 Å². The topological polar surface area (TPSA) is 6.48 Å². The van der Waals surface area contributed by atoms with E-state index in [1.165, 1.54) is 26.2 Å². The summed E-state index contributed by atoms with van der Waals surface area (Å²) in [5.41, 5.74) is 0. The molecular formula is C8H18N2S. The SMILES string of the molecule is CSC(C)N1CCN(C)CC1. The first kappa shape index (κ1) is 9.36. The molecule has 0 N–H and O–H groups in total. The van der Waals surface area contributed by atoms with Crippen molar-refractivity contribution in [3.63, 3.8) is 0 Å². The highest BCUT2D eigenvalue weighted by Gasteiger charge is 2.17. The molecule has 1 aliphatic heterocycles. The average Bonchev–Trinajstić information content (AvgIpc) is 2.05. The first-order valence-electron chi connectivity index (χ1n) is 4.19. The maximum Gasteiger partial charge on any atom is 0.0526 e. The molecule has 1 heterocycles. The highest BCUT2D eigenvalue weighted by molar-refractivity contribution is 7.99. The Kier molecular flexibility index (Phi) is 3.69. The molecule has 0 bridgehead atoms. The Hall–Kier alpha value is 0.270. The lowest BCUT2D eigenvalue weighted by Gasteiger charge is -2.35. The van der Waals surface area contributed by atoms with Gasteiger partial charge in [-0.2, -0.15) is 0 Å². The molecule has 1 atom stereocenters. The number of thioether (sulfide) groups is 1. The maximum atomic E-state index is 2.55. The molecule has 0 aromatic rings. The monoisotopic (exact) mass is 174 g/mol. The molecular weight excluding hydrogens is 156 g/mol. The van der Waals surface area contributed by atoms with Gasteiger partial charge in [0.1, 0.15) is 0 Å². The highest BCUT2D eigenvalue weighted by atomic mass is 32.2. The van der Waals surface area contributed by atoms with E-state index in [1.807, 2.05) is 11.8 Å². The van der Waals surface area contributed by atoms with Crippen LogP contribution >= 0.6 is 11.8 Å². The third kappa shape index (κ3) is 2.65. The van der Waals surface area contributed by atoms with Gasteiger partial charge in [0, 0.05) is 26.2 Å². The zero-order chi connectivity index (χ0) is 8.27. The Balaban J connectivity index is 2.27. The Morgan fingerprint density at radius 3 is 2.18 bits per heavy atom. The number of nitrogens with zero attached hydrogens (tertiary/aromatic N) is 2. The molecule has 11 heavy (non-hydrogen) atoms. The average molecular weight is 174 g/mol. The van der Waals surface area contributed by atoms with Gasteiger partial charge in [-0.1, -0.05) is 0 Å². The van der Waals surface area contributed by atoms with E-state index in [2.05, 4.69) is 30.0 Å². The molecule has 0 radical (unpaired) electrons. The van der Waals surface area contributed by atoms with Gasteiger partial charge in [0.2, 0.25) is 0 Å². The zero-order valence-corrected chi connectivity index (χ0v) is 8.52. The molecule has 66 valence electrons. The number of piperazine rings is 1. The van der Waals surface area contributed by atoms with Crippen LogP contribution in [-0.4, -0.2) is 54.7 Å². The molecule has 1 rings (SSSR count). The Labute approximate surface area is 73.9 Å². The minimum absolute atomic E-state index is 0.698. The van der Waals surface area contributed by atoms with E-state index in [0.717, 1.165) is 0 Å².